The predicted octanol–water partition coefficient (Wildman–Crippen LogP) is 1.64. The van der Waals surface area contributed by atoms with Gasteiger partial charge in [0.05, 0.1) is 25.1 Å². The summed E-state index contributed by atoms with van der Waals surface area (Å²) in [5, 5.41) is 8.66. The highest BCUT2D eigenvalue weighted by Crippen LogP contribution is 2.28. The third kappa shape index (κ3) is 2.22. The van der Waals surface area contributed by atoms with Crippen LogP contribution in [0.3, 0.4) is 0 Å². The molecule has 20 heavy (non-hydrogen) atoms. The van der Waals surface area contributed by atoms with Crippen LogP contribution in [0, 0.1) is 0 Å². The molecule has 1 aromatic carbocycles. The van der Waals surface area contributed by atoms with Crippen LogP contribution in [0.2, 0.25) is 5.02 Å². The molecule has 1 aliphatic heterocycles. The number of nitrogens with zero attached hydrogens (tertiary/aromatic N) is 4. The minimum atomic E-state index is -0.0900. The van der Waals surface area contributed by atoms with Crippen molar-refractivity contribution in [2.24, 2.45) is 0 Å². The normalized spacial score (nSPS) is 15.0. The van der Waals surface area contributed by atoms with Crippen LogP contribution in [0.5, 0.6) is 5.75 Å². The highest BCUT2D eigenvalue weighted by molar-refractivity contribution is 6.31. The first kappa shape index (κ1) is 12.9. The number of aromatic nitrogens is 3. The SMILES string of the molecule is COc1ccc(Cl)cc1C(=O)N1CC(n2nccn2)C1. The molecule has 1 fully saturated rings. The number of hydrogen-bond donors (Lipinski definition) is 0. The van der Waals surface area contributed by atoms with E-state index in [0.717, 1.165) is 0 Å². The monoisotopic (exact) mass is 292 g/mol. The van der Waals surface area contributed by atoms with Gasteiger partial charge in [0.1, 0.15) is 11.8 Å². The van der Waals surface area contributed by atoms with Gasteiger partial charge in [-0.15, -0.1) is 0 Å². The molecule has 1 aliphatic rings. The topological polar surface area (TPSA) is 60.2 Å². The molecule has 0 radical (unpaired) electrons. The van der Waals surface area contributed by atoms with Gasteiger partial charge in [-0.25, -0.2) is 0 Å². The Labute approximate surface area is 120 Å². The van der Waals surface area contributed by atoms with Crippen molar-refractivity contribution < 1.29 is 9.53 Å². The summed E-state index contributed by atoms with van der Waals surface area (Å²) in [6.45, 7) is 1.17. The zero-order valence-electron chi connectivity index (χ0n) is 10.9. The van der Waals surface area contributed by atoms with E-state index in [-0.39, 0.29) is 11.9 Å². The Bertz CT molecular complexity index is 623. The predicted molar refractivity (Wildman–Crippen MR) is 73.0 cm³/mol. The maximum atomic E-state index is 12.4. The third-order valence-corrected chi connectivity index (χ3v) is 3.54. The van der Waals surface area contributed by atoms with Crippen LogP contribution < -0.4 is 4.74 Å². The van der Waals surface area contributed by atoms with Crippen LogP contribution in [0.15, 0.2) is 30.6 Å². The van der Waals surface area contributed by atoms with Crippen LogP contribution in [0.4, 0.5) is 0 Å². The van der Waals surface area contributed by atoms with Crippen molar-refractivity contribution in [3.63, 3.8) is 0 Å². The molecule has 3 rings (SSSR count). The molecular weight excluding hydrogens is 280 g/mol. The summed E-state index contributed by atoms with van der Waals surface area (Å²) in [4.78, 5) is 15.8. The molecule has 0 spiro atoms. The van der Waals surface area contributed by atoms with Crippen molar-refractivity contribution in [2.75, 3.05) is 20.2 Å². The van der Waals surface area contributed by atoms with Gasteiger partial charge in [-0.2, -0.15) is 15.0 Å². The van der Waals surface area contributed by atoms with Gasteiger partial charge in [0.15, 0.2) is 0 Å². The first-order valence-electron chi connectivity index (χ1n) is 6.17. The van der Waals surface area contributed by atoms with E-state index in [1.54, 1.807) is 40.3 Å². The van der Waals surface area contributed by atoms with Crippen LogP contribution in [-0.2, 0) is 0 Å². The average molecular weight is 293 g/mol. The molecule has 1 aromatic heterocycles. The smallest absolute Gasteiger partial charge is 0.257 e. The van der Waals surface area contributed by atoms with Gasteiger partial charge in [0, 0.05) is 18.1 Å². The molecule has 1 saturated heterocycles. The van der Waals surface area contributed by atoms with E-state index in [9.17, 15) is 4.79 Å². The number of rotatable bonds is 3. The summed E-state index contributed by atoms with van der Waals surface area (Å²) < 4.78 is 5.20. The van der Waals surface area contributed by atoms with E-state index in [0.29, 0.717) is 29.4 Å². The Balaban J connectivity index is 1.73. The van der Waals surface area contributed by atoms with Gasteiger partial charge < -0.3 is 9.64 Å². The number of benzene rings is 1. The fourth-order valence-corrected chi connectivity index (χ4v) is 2.37. The van der Waals surface area contributed by atoms with Crippen molar-refractivity contribution in [3.8, 4) is 5.75 Å². The van der Waals surface area contributed by atoms with E-state index in [2.05, 4.69) is 10.2 Å². The number of likely N-dealkylation sites (tertiary alicyclic amines) is 1. The van der Waals surface area contributed by atoms with Gasteiger partial charge in [0.25, 0.3) is 5.91 Å². The van der Waals surface area contributed by atoms with Gasteiger partial charge >= 0.3 is 0 Å². The minimum Gasteiger partial charge on any atom is -0.496 e. The molecular formula is C13H13ClN4O2. The summed E-state index contributed by atoms with van der Waals surface area (Å²) in [6.07, 6.45) is 3.26. The largest absolute Gasteiger partial charge is 0.496 e. The van der Waals surface area contributed by atoms with E-state index in [1.807, 2.05) is 0 Å². The Morgan fingerprint density at radius 3 is 2.70 bits per heavy atom. The van der Waals surface area contributed by atoms with Crippen molar-refractivity contribution in [1.29, 1.82) is 0 Å². The summed E-state index contributed by atoms with van der Waals surface area (Å²) in [5.41, 5.74) is 0.479. The molecule has 0 bridgehead atoms. The number of carbonyl (C=O) groups is 1. The lowest BCUT2D eigenvalue weighted by molar-refractivity contribution is 0.0473. The van der Waals surface area contributed by atoms with Crippen molar-refractivity contribution in [3.05, 3.63) is 41.2 Å². The standard InChI is InChI=1S/C13H13ClN4O2/c1-20-12-3-2-9(14)6-11(12)13(19)17-7-10(8-17)18-15-4-5-16-18/h2-6,10H,7-8H2,1H3. The lowest BCUT2D eigenvalue weighted by Crippen LogP contribution is -2.51. The van der Waals surface area contributed by atoms with Gasteiger partial charge in [-0.1, -0.05) is 11.6 Å². The number of hydrogen-bond acceptors (Lipinski definition) is 4. The second kappa shape index (κ2) is 5.13. The number of amides is 1. The average Bonchev–Trinajstić information content (AvgIpc) is 2.90. The number of halogens is 1. The zero-order valence-corrected chi connectivity index (χ0v) is 11.6. The molecule has 104 valence electrons. The molecule has 2 heterocycles. The molecule has 0 atom stereocenters. The zero-order chi connectivity index (χ0) is 14.1. The Morgan fingerprint density at radius 2 is 2.05 bits per heavy atom. The summed E-state index contributed by atoms with van der Waals surface area (Å²) in [7, 11) is 1.53. The van der Waals surface area contributed by atoms with E-state index >= 15 is 0 Å². The van der Waals surface area contributed by atoms with E-state index in [4.69, 9.17) is 16.3 Å². The van der Waals surface area contributed by atoms with Crippen LogP contribution >= 0.6 is 11.6 Å². The summed E-state index contributed by atoms with van der Waals surface area (Å²) >= 11 is 5.94. The second-order valence-corrected chi connectivity index (χ2v) is 4.99. The maximum Gasteiger partial charge on any atom is 0.257 e. The van der Waals surface area contributed by atoms with E-state index < -0.39 is 0 Å². The molecule has 0 unspecified atom stereocenters. The number of ether oxygens (including phenoxy) is 1. The molecule has 2 aromatic rings. The third-order valence-electron chi connectivity index (χ3n) is 3.30. The van der Waals surface area contributed by atoms with E-state index in [1.165, 1.54) is 7.11 Å². The minimum absolute atomic E-state index is 0.0900. The maximum absolute atomic E-state index is 12.4. The Morgan fingerprint density at radius 1 is 1.35 bits per heavy atom. The van der Waals surface area contributed by atoms with Gasteiger partial charge in [-0.05, 0) is 18.2 Å². The van der Waals surface area contributed by atoms with Crippen molar-refractivity contribution in [2.45, 2.75) is 6.04 Å². The molecule has 0 saturated carbocycles. The fraction of sp³-hybridized carbons (Fsp3) is 0.308. The van der Waals surface area contributed by atoms with Crippen LogP contribution in [-0.4, -0.2) is 46.0 Å². The Hall–Kier alpha value is -2.08. The quantitative estimate of drug-likeness (QED) is 0.863. The molecule has 0 aliphatic carbocycles. The van der Waals surface area contributed by atoms with Gasteiger partial charge in [-0.3, -0.25) is 4.79 Å². The first-order chi connectivity index (χ1) is 9.69. The number of methoxy groups -OCH3 is 1. The number of carbonyl (C=O) groups excluding carboxylic acids is 1. The molecule has 1 amide bonds. The van der Waals surface area contributed by atoms with Crippen LogP contribution in [0.1, 0.15) is 16.4 Å². The second-order valence-electron chi connectivity index (χ2n) is 4.56. The van der Waals surface area contributed by atoms with Gasteiger partial charge in [0.2, 0.25) is 0 Å². The van der Waals surface area contributed by atoms with Crippen LogP contribution in [0.25, 0.3) is 0 Å². The summed E-state index contributed by atoms with van der Waals surface area (Å²) in [5.74, 6) is 0.438. The first-order valence-corrected chi connectivity index (χ1v) is 6.55. The lowest BCUT2D eigenvalue weighted by Gasteiger charge is -2.38. The highest BCUT2D eigenvalue weighted by Gasteiger charge is 2.34. The lowest BCUT2D eigenvalue weighted by atomic mass is 10.1. The van der Waals surface area contributed by atoms with Crippen molar-refractivity contribution in [1.82, 2.24) is 19.9 Å². The molecule has 0 N–H and O–H groups in total. The summed E-state index contributed by atoms with van der Waals surface area (Å²) in [6, 6.07) is 5.16. The molecule has 7 heteroatoms. The fourth-order valence-electron chi connectivity index (χ4n) is 2.20. The molecule has 6 nitrogen and oxygen atoms in total. The Kier molecular flexibility index (Phi) is 3.31. The highest BCUT2D eigenvalue weighted by atomic mass is 35.5. The van der Waals surface area contributed by atoms with Crippen molar-refractivity contribution >= 4 is 17.5 Å².